The summed E-state index contributed by atoms with van der Waals surface area (Å²) >= 11 is 0. The fourth-order valence-corrected chi connectivity index (χ4v) is 3.72. The first-order chi connectivity index (χ1) is 11.8. The molecule has 134 valence electrons. The zero-order chi connectivity index (χ0) is 17.0. The Balaban J connectivity index is 1.59. The first kappa shape index (κ1) is 19.0. The average Bonchev–Trinajstić information content (AvgIpc) is 2.98. The molecule has 2 heteroatoms. The number of hydrogen-bond acceptors (Lipinski definition) is 1. The summed E-state index contributed by atoms with van der Waals surface area (Å²) in [6.07, 6.45) is 14.1. The minimum absolute atomic E-state index is 1.15. The van der Waals surface area contributed by atoms with Crippen LogP contribution < -0.4 is 0 Å². The van der Waals surface area contributed by atoms with Crippen LogP contribution in [0.5, 0.6) is 0 Å². The quantitative estimate of drug-likeness (QED) is 0.372. The molecular formula is C22H37N2+. The van der Waals surface area contributed by atoms with Gasteiger partial charge in [0.15, 0.2) is 0 Å². The molecule has 0 saturated carbocycles. The molecule has 0 unspecified atom stereocenters. The molecule has 2 rings (SSSR count). The van der Waals surface area contributed by atoms with Crippen LogP contribution in [0, 0.1) is 0 Å². The second-order valence-electron chi connectivity index (χ2n) is 7.28. The zero-order valence-electron chi connectivity index (χ0n) is 16.0. The molecule has 0 radical (unpaired) electrons. The molecule has 0 fully saturated rings. The van der Waals surface area contributed by atoms with E-state index in [4.69, 9.17) is 0 Å². The molecule has 1 heterocycles. The van der Waals surface area contributed by atoms with Gasteiger partial charge in [0.1, 0.15) is 13.1 Å². The van der Waals surface area contributed by atoms with E-state index < -0.39 is 0 Å². The van der Waals surface area contributed by atoms with Crippen LogP contribution in [-0.4, -0.2) is 42.0 Å². The van der Waals surface area contributed by atoms with Gasteiger partial charge in [-0.15, -0.1) is 0 Å². The molecule has 0 N–H and O–H groups in total. The summed E-state index contributed by atoms with van der Waals surface area (Å²) in [5.41, 5.74) is 1.37. The number of nitrogens with zero attached hydrogens (tertiary/aromatic N) is 2. The summed E-state index contributed by atoms with van der Waals surface area (Å²) in [4.78, 5) is 2.58. The van der Waals surface area contributed by atoms with Gasteiger partial charge in [-0.05, 0) is 25.0 Å². The van der Waals surface area contributed by atoms with Crippen molar-refractivity contribution in [1.29, 1.82) is 0 Å². The largest absolute Gasteiger partial charge is 0.279 e. The third-order valence-electron chi connectivity index (χ3n) is 5.18. The van der Waals surface area contributed by atoms with E-state index in [9.17, 15) is 0 Å². The van der Waals surface area contributed by atoms with Gasteiger partial charge in [0.25, 0.3) is 5.84 Å². The number of amidine groups is 1. The maximum atomic E-state index is 2.58. The Kier molecular flexibility index (Phi) is 8.94. The van der Waals surface area contributed by atoms with Gasteiger partial charge in [-0.25, -0.2) is 0 Å². The van der Waals surface area contributed by atoms with Crippen LogP contribution in [0.1, 0.15) is 76.7 Å². The average molecular weight is 330 g/mol. The normalized spacial score (nSPS) is 14.7. The van der Waals surface area contributed by atoms with Crippen LogP contribution >= 0.6 is 0 Å². The highest BCUT2D eigenvalue weighted by Gasteiger charge is 2.28. The van der Waals surface area contributed by atoms with Crippen molar-refractivity contribution in [1.82, 2.24) is 4.90 Å². The van der Waals surface area contributed by atoms with Crippen LogP contribution in [0.15, 0.2) is 30.3 Å². The molecule has 1 aliphatic heterocycles. The molecule has 1 aromatic rings. The SMILES string of the molecule is CCCCCCCCCCCCN1CC[N+](C)=C1c1ccccc1. The van der Waals surface area contributed by atoms with Crippen molar-refractivity contribution < 1.29 is 4.58 Å². The van der Waals surface area contributed by atoms with Crippen molar-refractivity contribution >= 4 is 5.84 Å². The summed E-state index contributed by atoms with van der Waals surface area (Å²) in [5.74, 6) is 1.42. The Morgan fingerprint density at radius 1 is 0.833 bits per heavy atom. The van der Waals surface area contributed by atoms with E-state index >= 15 is 0 Å². The van der Waals surface area contributed by atoms with Crippen molar-refractivity contribution in [3.8, 4) is 0 Å². The Morgan fingerprint density at radius 2 is 1.42 bits per heavy atom. The van der Waals surface area contributed by atoms with Gasteiger partial charge >= 0.3 is 0 Å². The lowest BCUT2D eigenvalue weighted by molar-refractivity contribution is -0.486. The van der Waals surface area contributed by atoms with Crippen LogP contribution in [0.2, 0.25) is 0 Å². The van der Waals surface area contributed by atoms with Gasteiger partial charge in [-0.2, -0.15) is 0 Å². The third kappa shape index (κ3) is 6.30. The molecule has 2 nitrogen and oxygen atoms in total. The summed E-state index contributed by atoms with van der Waals surface area (Å²) in [5, 5.41) is 0. The molecule has 0 aliphatic carbocycles. The second-order valence-corrected chi connectivity index (χ2v) is 7.28. The van der Waals surface area contributed by atoms with E-state index in [0.717, 1.165) is 6.54 Å². The molecule has 1 aromatic carbocycles. The molecule has 0 amide bonds. The molecule has 0 bridgehead atoms. The van der Waals surface area contributed by atoms with Crippen molar-refractivity contribution in [2.75, 3.05) is 26.7 Å². The van der Waals surface area contributed by atoms with Gasteiger partial charge in [0.05, 0.1) is 19.2 Å². The highest BCUT2D eigenvalue weighted by molar-refractivity contribution is 5.95. The maximum absolute atomic E-state index is 2.58. The predicted molar refractivity (Wildman–Crippen MR) is 105 cm³/mol. The van der Waals surface area contributed by atoms with E-state index in [0.29, 0.717) is 0 Å². The van der Waals surface area contributed by atoms with Crippen molar-refractivity contribution in [2.45, 2.75) is 71.1 Å². The lowest BCUT2D eigenvalue weighted by Crippen LogP contribution is -2.31. The van der Waals surface area contributed by atoms with E-state index in [-0.39, 0.29) is 0 Å². The van der Waals surface area contributed by atoms with Crippen LogP contribution in [-0.2, 0) is 0 Å². The van der Waals surface area contributed by atoms with Gasteiger partial charge in [-0.1, -0.05) is 76.5 Å². The molecule has 0 saturated heterocycles. The summed E-state index contributed by atoms with van der Waals surface area (Å²) in [6.45, 7) is 5.84. The predicted octanol–water partition coefficient (Wildman–Crippen LogP) is 5.31. The van der Waals surface area contributed by atoms with Crippen LogP contribution in [0.4, 0.5) is 0 Å². The number of hydrogen-bond donors (Lipinski definition) is 0. The number of likely N-dealkylation sites (N-methyl/N-ethyl adjacent to an activating group) is 1. The Morgan fingerprint density at radius 3 is 2.04 bits per heavy atom. The maximum Gasteiger partial charge on any atom is 0.279 e. The summed E-state index contributed by atoms with van der Waals surface area (Å²) in [7, 11) is 2.22. The van der Waals surface area contributed by atoms with Crippen LogP contribution in [0.3, 0.4) is 0 Å². The molecule has 1 aliphatic rings. The first-order valence-electron chi connectivity index (χ1n) is 10.2. The lowest BCUT2D eigenvalue weighted by atomic mass is 10.1. The van der Waals surface area contributed by atoms with E-state index in [2.05, 4.69) is 53.8 Å². The van der Waals surface area contributed by atoms with Gasteiger partial charge in [-0.3, -0.25) is 9.48 Å². The lowest BCUT2D eigenvalue weighted by Gasteiger charge is -2.13. The number of benzene rings is 1. The molecule has 0 atom stereocenters. The third-order valence-corrected chi connectivity index (χ3v) is 5.18. The topological polar surface area (TPSA) is 6.25 Å². The van der Waals surface area contributed by atoms with E-state index in [1.54, 1.807) is 0 Å². The Labute approximate surface area is 149 Å². The minimum atomic E-state index is 1.15. The smallest absolute Gasteiger partial charge is 0.260 e. The van der Waals surface area contributed by atoms with Crippen molar-refractivity contribution in [3.63, 3.8) is 0 Å². The van der Waals surface area contributed by atoms with Gasteiger partial charge in [0.2, 0.25) is 0 Å². The van der Waals surface area contributed by atoms with E-state index in [1.807, 2.05) is 0 Å². The highest BCUT2D eigenvalue weighted by atomic mass is 15.3. The summed E-state index contributed by atoms with van der Waals surface area (Å²) in [6, 6.07) is 10.9. The van der Waals surface area contributed by atoms with Gasteiger partial charge in [0, 0.05) is 0 Å². The first-order valence-corrected chi connectivity index (χ1v) is 10.2. The van der Waals surface area contributed by atoms with Crippen molar-refractivity contribution in [3.05, 3.63) is 35.9 Å². The van der Waals surface area contributed by atoms with Gasteiger partial charge < -0.3 is 0 Å². The fourth-order valence-electron chi connectivity index (χ4n) is 3.72. The number of rotatable bonds is 12. The van der Waals surface area contributed by atoms with Crippen LogP contribution in [0.25, 0.3) is 0 Å². The molecule has 0 aromatic heterocycles. The molecule has 0 spiro atoms. The Bertz CT molecular complexity index is 478. The highest BCUT2D eigenvalue weighted by Crippen LogP contribution is 2.14. The fraction of sp³-hybridized carbons (Fsp3) is 0.682. The van der Waals surface area contributed by atoms with Crippen molar-refractivity contribution in [2.24, 2.45) is 0 Å². The molecular weight excluding hydrogens is 292 g/mol. The standard InChI is InChI=1S/C22H37N2/c1-3-4-5-6-7-8-9-10-11-15-18-24-20-19-23(2)22(24)21-16-13-12-14-17-21/h12-14,16-17H,3-11,15,18-20H2,1-2H3/q+1. The second kappa shape index (κ2) is 11.3. The minimum Gasteiger partial charge on any atom is -0.260 e. The number of unbranched alkanes of at least 4 members (excludes halogenated alkanes) is 9. The summed E-state index contributed by atoms with van der Waals surface area (Å²) < 4.78 is 2.41. The Hall–Kier alpha value is -1.31. The molecule has 24 heavy (non-hydrogen) atoms. The zero-order valence-corrected chi connectivity index (χ0v) is 16.0. The van der Waals surface area contributed by atoms with E-state index in [1.165, 1.54) is 88.7 Å². The monoisotopic (exact) mass is 329 g/mol.